The third-order valence-electron chi connectivity index (χ3n) is 12.8. The van der Waals surface area contributed by atoms with Crippen LogP contribution in [0.5, 0.6) is 11.5 Å². The van der Waals surface area contributed by atoms with Gasteiger partial charge in [0, 0.05) is 19.1 Å². The molecule has 0 aliphatic carbocycles. The minimum absolute atomic E-state index is 0.0793. The van der Waals surface area contributed by atoms with E-state index in [-0.39, 0.29) is 17.1 Å². The summed E-state index contributed by atoms with van der Waals surface area (Å²) in [5, 5.41) is 129. The summed E-state index contributed by atoms with van der Waals surface area (Å²) in [4.78, 5) is 53.1. The highest BCUT2D eigenvalue weighted by atomic mass is 16.8. The summed E-state index contributed by atoms with van der Waals surface area (Å²) in [7, 11) is 0. The molecule has 3 aromatic rings. The summed E-state index contributed by atoms with van der Waals surface area (Å²) in [6.07, 6.45) is -32.9. The predicted molar refractivity (Wildman–Crippen MR) is 255 cm³/mol. The van der Waals surface area contributed by atoms with Gasteiger partial charge in [0.25, 0.3) is 0 Å². The third kappa shape index (κ3) is 14.2. The highest BCUT2D eigenvalue weighted by Crippen LogP contribution is 2.42. The molecular weight excluding hydrogens is 1040 g/mol. The average Bonchev–Trinajstić information content (AvgIpc) is 3.78. The molecule has 4 saturated heterocycles. The first-order valence-corrected chi connectivity index (χ1v) is 24.2. The summed E-state index contributed by atoms with van der Waals surface area (Å²) in [6.45, 7) is -4.11. The second-order valence-corrected chi connectivity index (χ2v) is 18.3. The molecule has 19 atom stereocenters. The van der Waals surface area contributed by atoms with Crippen LogP contribution in [0.3, 0.4) is 0 Å². The molecule has 426 valence electrons. The molecule has 0 saturated carbocycles. The number of aliphatic hydroxyl groups is 10. The smallest absolute Gasteiger partial charge is 0.338 e. The van der Waals surface area contributed by atoms with Crippen molar-refractivity contribution in [3.8, 4) is 11.5 Å². The fraction of sp³-hybridized carbons (Fsp3) is 0.490. The number of hydrogen-bond donors (Lipinski definition) is 12. The van der Waals surface area contributed by atoms with Crippen LogP contribution in [0.15, 0.2) is 91.0 Å². The molecule has 4 heterocycles. The number of esters is 4. The van der Waals surface area contributed by atoms with Crippen LogP contribution in [-0.4, -0.2) is 234 Å². The van der Waals surface area contributed by atoms with Gasteiger partial charge in [-0.15, -0.1) is 0 Å². The lowest BCUT2D eigenvalue weighted by Gasteiger charge is -2.50. The fourth-order valence-corrected chi connectivity index (χ4v) is 8.66. The van der Waals surface area contributed by atoms with Gasteiger partial charge in [-0.05, 0) is 59.7 Å². The Morgan fingerprint density at radius 1 is 0.538 bits per heavy atom. The van der Waals surface area contributed by atoms with E-state index < -0.39 is 173 Å². The predicted octanol–water partition coefficient (Wildman–Crippen LogP) is -3.37. The average molecular weight is 1110 g/mol. The number of hydrogen-bond acceptors (Lipinski definition) is 27. The van der Waals surface area contributed by atoms with E-state index in [2.05, 4.69) is 0 Å². The minimum atomic E-state index is -2.88. The summed E-state index contributed by atoms with van der Waals surface area (Å²) in [6, 6.07) is 18.3. The van der Waals surface area contributed by atoms with Crippen molar-refractivity contribution in [2.24, 2.45) is 0 Å². The largest absolute Gasteiger partial charge is 0.508 e. The van der Waals surface area contributed by atoms with Gasteiger partial charge >= 0.3 is 23.9 Å². The first-order valence-electron chi connectivity index (χ1n) is 24.2. The Morgan fingerprint density at radius 3 is 1.60 bits per heavy atom. The van der Waals surface area contributed by atoms with Crippen molar-refractivity contribution >= 4 is 36.0 Å². The highest BCUT2D eigenvalue weighted by Gasteiger charge is 2.64. The Bertz CT molecular complexity index is 2510. The fourth-order valence-electron chi connectivity index (χ4n) is 8.66. The van der Waals surface area contributed by atoms with Crippen molar-refractivity contribution in [2.75, 3.05) is 33.0 Å². The van der Waals surface area contributed by atoms with Crippen molar-refractivity contribution in [3.05, 3.63) is 108 Å². The van der Waals surface area contributed by atoms with E-state index in [1.54, 1.807) is 6.07 Å². The van der Waals surface area contributed by atoms with Crippen LogP contribution in [0.25, 0.3) is 12.2 Å². The Morgan fingerprint density at radius 2 is 1.05 bits per heavy atom. The number of benzene rings is 3. The third-order valence-corrected chi connectivity index (χ3v) is 12.8. The van der Waals surface area contributed by atoms with Crippen LogP contribution in [-0.2, 0) is 66.5 Å². The summed E-state index contributed by atoms with van der Waals surface area (Å²) in [5.41, 5.74) is 0.671. The van der Waals surface area contributed by atoms with E-state index in [0.29, 0.717) is 11.1 Å². The number of phenols is 2. The molecule has 0 amide bonds. The number of aliphatic hydroxyl groups excluding tert-OH is 10. The summed E-state index contributed by atoms with van der Waals surface area (Å²) < 4.78 is 65.2. The maximum absolute atomic E-state index is 13.9. The van der Waals surface area contributed by atoms with Crippen molar-refractivity contribution in [3.63, 3.8) is 0 Å². The lowest BCUT2D eigenvalue weighted by molar-refractivity contribution is -0.421. The van der Waals surface area contributed by atoms with Crippen molar-refractivity contribution in [1.82, 2.24) is 0 Å². The van der Waals surface area contributed by atoms with E-state index >= 15 is 0 Å². The number of ether oxygens (including phenoxy) is 11. The van der Waals surface area contributed by atoms with E-state index in [4.69, 9.17) is 52.1 Å². The van der Waals surface area contributed by atoms with Gasteiger partial charge < -0.3 is 113 Å². The van der Waals surface area contributed by atoms with Gasteiger partial charge in [-0.3, -0.25) is 4.79 Å². The van der Waals surface area contributed by atoms with Crippen molar-refractivity contribution < 1.29 is 133 Å². The molecule has 4 aliphatic rings. The van der Waals surface area contributed by atoms with Gasteiger partial charge in [0.05, 0.1) is 25.4 Å². The number of phenolic OH excluding ortho intramolecular Hbond substituents is 2. The zero-order valence-corrected chi connectivity index (χ0v) is 41.2. The summed E-state index contributed by atoms with van der Waals surface area (Å²) in [5.74, 6) is -7.41. The Labute approximate surface area is 443 Å². The van der Waals surface area contributed by atoms with Crippen molar-refractivity contribution in [1.29, 1.82) is 0 Å². The van der Waals surface area contributed by atoms with E-state index in [9.17, 15) is 80.5 Å². The number of carbonyl (C=O) groups is 4. The van der Waals surface area contributed by atoms with Crippen LogP contribution in [0.1, 0.15) is 28.4 Å². The zero-order chi connectivity index (χ0) is 56.4. The van der Waals surface area contributed by atoms with Crippen molar-refractivity contribution in [2.45, 2.75) is 123 Å². The molecule has 27 nitrogen and oxygen atoms in total. The molecule has 3 aromatic carbocycles. The molecule has 12 N–H and O–H groups in total. The van der Waals surface area contributed by atoms with Crippen LogP contribution in [0.2, 0.25) is 0 Å². The van der Waals surface area contributed by atoms with E-state index in [0.717, 1.165) is 19.1 Å². The maximum atomic E-state index is 13.9. The monoisotopic (exact) mass is 1100 g/mol. The Hall–Kier alpha value is -6.06. The first-order chi connectivity index (χ1) is 37.3. The maximum Gasteiger partial charge on any atom is 0.338 e. The van der Waals surface area contributed by atoms with Crippen LogP contribution < -0.4 is 0 Å². The molecule has 0 spiro atoms. The molecule has 4 aliphatic heterocycles. The molecule has 0 radical (unpaired) electrons. The second-order valence-electron chi connectivity index (χ2n) is 18.3. The first kappa shape index (κ1) is 59.6. The summed E-state index contributed by atoms with van der Waals surface area (Å²) >= 11 is 0. The Kier molecular flexibility index (Phi) is 20.4. The highest BCUT2D eigenvalue weighted by molar-refractivity contribution is 5.90. The molecule has 0 unspecified atom stereocenters. The SMILES string of the molecule is CC(=O)OC[C@H]1O[C@@H](O[C@@H]2[C@@H](O[C@@H]3O[C@H](CO)[C@@H](O)[C@H](O)[C@H]3O)[C@@H](O[C@]3(COC(=O)C=Cc4ccc(O)cc4)O[C@H](CO)[C@@H](O)[C@@H]3OC(=O)c3ccccc3)O[C@H](CO)[C@H]2OC(=O)C=Cc2ccc(O)cc2)[C@H](O)[C@@H](O)[C@@H]1O. The quantitative estimate of drug-likeness (QED) is 0.0298. The second kappa shape index (κ2) is 26.7. The molecule has 0 aromatic heterocycles. The molecule has 27 heteroatoms. The molecular formula is C51H60O27. The van der Waals surface area contributed by atoms with Gasteiger partial charge in [-0.1, -0.05) is 42.5 Å². The van der Waals surface area contributed by atoms with Crippen LogP contribution in [0.4, 0.5) is 0 Å². The number of rotatable bonds is 20. The van der Waals surface area contributed by atoms with Gasteiger partial charge in [0.2, 0.25) is 5.79 Å². The Balaban J connectivity index is 1.36. The lowest BCUT2D eigenvalue weighted by atomic mass is 9.95. The van der Waals surface area contributed by atoms with Crippen LogP contribution in [0, 0.1) is 0 Å². The number of aromatic hydroxyl groups is 2. The van der Waals surface area contributed by atoms with Gasteiger partial charge in [0.1, 0.15) is 104 Å². The van der Waals surface area contributed by atoms with Gasteiger partial charge in [0.15, 0.2) is 31.1 Å². The van der Waals surface area contributed by atoms with E-state index in [1.165, 1.54) is 84.9 Å². The standard InChI is InChI=1S/C51H60O27/c1-24(55)68-22-33-37(61)40(64)42(66)49(72-33)74-44-43(73-35(59)18-12-26-9-15-29(57)16-10-26)32(21-54)71-50(45(44)75-48-41(65)39(63)36(60)30(19-52)70-48)78-51(23-69-34(58)17-11-25-7-13-28(56)14-8-25)46(38(62)31(20-53)77-51)76-47(67)27-5-3-2-4-6-27/h2-18,30-33,36-46,48-50,52-54,56-57,60-66H,19-23H2,1H3/t30-,31-,32-,33-,36-,37-,38-,39+,40+,41-,42-,43-,44+,45-,46+,48+,49+,50-,51+/m1/s1. The van der Waals surface area contributed by atoms with E-state index in [1.807, 2.05) is 0 Å². The molecule has 0 bridgehead atoms. The minimum Gasteiger partial charge on any atom is -0.508 e. The topological polar surface area (TPSA) is 413 Å². The van der Waals surface area contributed by atoms with Crippen LogP contribution >= 0.6 is 0 Å². The van der Waals surface area contributed by atoms with Gasteiger partial charge in [-0.2, -0.15) is 0 Å². The normalized spacial score (nSPS) is 35.1. The molecule has 78 heavy (non-hydrogen) atoms. The van der Waals surface area contributed by atoms with Gasteiger partial charge in [-0.25, -0.2) is 14.4 Å². The zero-order valence-electron chi connectivity index (χ0n) is 41.2. The molecule has 4 fully saturated rings. The number of carbonyl (C=O) groups excluding carboxylic acids is 4. The lowest BCUT2D eigenvalue weighted by Crippen LogP contribution is -2.69. The molecule has 7 rings (SSSR count).